The van der Waals surface area contributed by atoms with Gasteiger partial charge in [0.2, 0.25) is 5.91 Å². The van der Waals surface area contributed by atoms with Gasteiger partial charge in [0.05, 0.1) is 5.54 Å². The van der Waals surface area contributed by atoms with E-state index in [1.54, 1.807) is 0 Å². The van der Waals surface area contributed by atoms with Crippen LogP contribution in [0.1, 0.15) is 46.0 Å². The zero-order chi connectivity index (χ0) is 10.9. The average molecular weight is 210 g/mol. The fourth-order valence-electron chi connectivity index (χ4n) is 2.53. The van der Waals surface area contributed by atoms with Crippen LogP contribution in [-0.4, -0.2) is 24.0 Å². The molecule has 0 aromatic heterocycles. The van der Waals surface area contributed by atoms with Crippen LogP contribution in [0, 0.1) is 5.92 Å². The number of amides is 1. The van der Waals surface area contributed by atoms with Crippen molar-refractivity contribution in [3.8, 4) is 0 Å². The molecule has 2 N–H and O–H groups in total. The first-order chi connectivity index (χ1) is 7.15. The molecular formula is C12H22N2O. The standard InChI is InChI=1S/C12H22N2O/c1-3-5-9-8-10(9)14-11(15)12(2)6-4-7-13-12/h9-10,13H,3-8H2,1-2H3,(H,14,15). The van der Waals surface area contributed by atoms with Gasteiger partial charge in [0.25, 0.3) is 0 Å². The van der Waals surface area contributed by atoms with E-state index in [2.05, 4.69) is 17.6 Å². The summed E-state index contributed by atoms with van der Waals surface area (Å²) >= 11 is 0. The number of carbonyl (C=O) groups is 1. The summed E-state index contributed by atoms with van der Waals surface area (Å²) in [5.41, 5.74) is -0.292. The van der Waals surface area contributed by atoms with E-state index in [0.29, 0.717) is 6.04 Å². The van der Waals surface area contributed by atoms with Crippen molar-refractivity contribution in [1.82, 2.24) is 10.6 Å². The summed E-state index contributed by atoms with van der Waals surface area (Å²) in [7, 11) is 0. The van der Waals surface area contributed by atoms with Crippen LogP contribution in [0.15, 0.2) is 0 Å². The molecule has 3 atom stereocenters. The Hall–Kier alpha value is -0.570. The van der Waals surface area contributed by atoms with Gasteiger partial charge in [-0.05, 0) is 45.1 Å². The summed E-state index contributed by atoms with van der Waals surface area (Å²) in [6.45, 7) is 5.20. The minimum Gasteiger partial charge on any atom is -0.351 e. The fourth-order valence-corrected chi connectivity index (χ4v) is 2.53. The smallest absolute Gasteiger partial charge is 0.240 e. The molecule has 0 radical (unpaired) electrons. The third-order valence-electron chi connectivity index (χ3n) is 3.77. The lowest BCUT2D eigenvalue weighted by Gasteiger charge is -2.23. The molecule has 1 aliphatic heterocycles. The van der Waals surface area contributed by atoms with Crippen molar-refractivity contribution >= 4 is 5.91 Å². The molecule has 3 unspecified atom stereocenters. The monoisotopic (exact) mass is 210 g/mol. The molecule has 0 spiro atoms. The molecule has 3 nitrogen and oxygen atoms in total. The quantitative estimate of drug-likeness (QED) is 0.737. The third-order valence-corrected chi connectivity index (χ3v) is 3.77. The Bertz CT molecular complexity index is 246. The lowest BCUT2D eigenvalue weighted by atomic mass is 9.99. The highest BCUT2D eigenvalue weighted by Gasteiger charge is 2.42. The van der Waals surface area contributed by atoms with Gasteiger partial charge in [-0.1, -0.05) is 13.3 Å². The van der Waals surface area contributed by atoms with Crippen molar-refractivity contribution in [2.45, 2.75) is 57.5 Å². The van der Waals surface area contributed by atoms with Gasteiger partial charge in [-0.2, -0.15) is 0 Å². The number of hydrogen-bond donors (Lipinski definition) is 2. The molecule has 1 aliphatic carbocycles. The van der Waals surface area contributed by atoms with Gasteiger partial charge in [0, 0.05) is 6.04 Å². The zero-order valence-corrected chi connectivity index (χ0v) is 9.81. The molecule has 0 bridgehead atoms. The predicted molar refractivity (Wildman–Crippen MR) is 60.6 cm³/mol. The molecular weight excluding hydrogens is 188 g/mol. The Morgan fingerprint density at radius 2 is 2.40 bits per heavy atom. The fraction of sp³-hybridized carbons (Fsp3) is 0.917. The second-order valence-corrected chi connectivity index (χ2v) is 5.23. The number of carbonyl (C=O) groups excluding carboxylic acids is 1. The van der Waals surface area contributed by atoms with Crippen LogP contribution in [0.3, 0.4) is 0 Å². The largest absolute Gasteiger partial charge is 0.351 e. The highest BCUT2D eigenvalue weighted by molar-refractivity contribution is 5.86. The second-order valence-electron chi connectivity index (χ2n) is 5.23. The number of nitrogens with one attached hydrogen (secondary N) is 2. The van der Waals surface area contributed by atoms with Crippen molar-refractivity contribution in [3.05, 3.63) is 0 Å². The van der Waals surface area contributed by atoms with Gasteiger partial charge in [0.15, 0.2) is 0 Å². The Morgan fingerprint density at radius 3 is 3.00 bits per heavy atom. The molecule has 15 heavy (non-hydrogen) atoms. The Morgan fingerprint density at radius 1 is 1.60 bits per heavy atom. The van der Waals surface area contributed by atoms with E-state index >= 15 is 0 Å². The summed E-state index contributed by atoms with van der Waals surface area (Å²) in [4.78, 5) is 12.0. The lowest BCUT2D eigenvalue weighted by Crippen LogP contribution is -2.51. The maximum Gasteiger partial charge on any atom is 0.240 e. The van der Waals surface area contributed by atoms with Crippen LogP contribution < -0.4 is 10.6 Å². The molecule has 2 fully saturated rings. The van der Waals surface area contributed by atoms with Crippen LogP contribution in [0.4, 0.5) is 0 Å². The molecule has 2 rings (SSSR count). The maximum absolute atomic E-state index is 12.0. The first kappa shape index (κ1) is 10.9. The highest BCUT2D eigenvalue weighted by atomic mass is 16.2. The Kier molecular flexibility index (Phi) is 3.01. The SMILES string of the molecule is CCCC1CC1NC(=O)C1(C)CCCN1. The van der Waals surface area contributed by atoms with Crippen LogP contribution in [0.5, 0.6) is 0 Å². The molecule has 1 amide bonds. The van der Waals surface area contributed by atoms with Crippen molar-refractivity contribution in [3.63, 3.8) is 0 Å². The van der Waals surface area contributed by atoms with Crippen molar-refractivity contribution in [2.75, 3.05) is 6.54 Å². The summed E-state index contributed by atoms with van der Waals surface area (Å²) in [6, 6.07) is 0.469. The minimum atomic E-state index is -0.292. The minimum absolute atomic E-state index is 0.212. The molecule has 1 heterocycles. The third kappa shape index (κ3) is 2.33. The molecule has 2 aliphatic rings. The van der Waals surface area contributed by atoms with Gasteiger partial charge in [-0.25, -0.2) is 0 Å². The molecule has 1 saturated heterocycles. The van der Waals surface area contributed by atoms with E-state index in [4.69, 9.17) is 0 Å². The summed E-state index contributed by atoms with van der Waals surface area (Å²) < 4.78 is 0. The van der Waals surface area contributed by atoms with E-state index in [-0.39, 0.29) is 11.4 Å². The summed E-state index contributed by atoms with van der Waals surface area (Å²) in [5, 5.41) is 6.47. The van der Waals surface area contributed by atoms with E-state index < -0.39 is 0 Å². The Balaban J connectivity index is 1.78. The van der Waals surface area contributed by atoms with Gasteiger partial charge < -0.3 is 10.6 Å². The first-order valence-electron chi connectivity index (χ1n) is 6.22. The van der Waals surface area contributed by atoms with Crippen molar-refractivity contribution in [2.24, 2.45) is 5.92 Å². The lowest BCUT2D eigenvalue weighted by molar-refractivity contribution is -0.126. The van der Waals surface area contributed by atoms with Crippen LogP contribution in [-0.2, 0) is 4.79 Å². The Labute approximate surface area is 92.0 Å². The van der Waals surface area contributed by atoms with E-state index in [1.165, 1.54) is 19.3 Å². The van der Waals surface area contributed by atoms with Gasteiger partial charge >= 0.3 is 0 Å². The van der Waals surface area contributed by atoms with Crippen LogP contribution >= 0.6 is 0 Å². The highest BCUT2D eigenvalue weighted by Crippen LogP contribution is 2.35. The van der Waals surface area contributed by atoms with Gasteiger partial charge in [-0.3, -0.25) is 4.79 Å². The van der Waals surface area contributed by atoms with Gasteiger partial charge in [-0.15, -0.1) is 0 Å². The topological polar surface area (TPSA) is 41.1 Å². The van der Waals surface area contributed by atoms with Gasteiger partial charge in [0.1, 0.15) is 0 Å². The zero-order valence-electron chi connectivity index (χ0n) is 9.81. The first-order valence-corrected chi connectivity index (χ1v) is 6.22. The number of rotatable bonds is 4. The maximum atomic E-state index is 12.0. The molecule has 0 aromatic carbocycles. The molecule has 1 saturated carbocycles. The van der Waals surface area contributed by atoms with E-state index in [0.717, 1.165) is 25.3 Å². The van der Waals surface area contributed by atoms with Crippen molar-refractivity contribution < 1.29 is 4.79 Å². The predicted octanol–water partition coefficient (Wildman–Crippen LogP) is 1.43. The summed E-state index contributed by atoms with van der Waals surface area (Å²) in [5.74, 6) is 0.965. The molecule has 86 valence electrons. The van der Waals surface area contributed by atoms with Crippen LogP contribution in [0.2, 0.25) is 0 Å². The van der Waals surface area contributed by atoms with Crippen molar-refractivity contribution in [1.29, 1.82) is 0 Å². The van der Waals surface area contributed by atoms with Crippen LogP contribution in [0.25, 0.3) is 0 Å². The number of hydrogen-bond acceptors (Lipinski definition) is 2. The normalized spacial score (nSPS) is 39.1. The summed E-state index contributed by atoms with van der Waals surface area (Å²) in [6.07, 6.45) is 5.77. The molecule has 0 aromatic rings. The van der Waals surface area contributed by atoms with E-state index in [9.17, 15) is 4.79 Å². The molecule has 3 heteroatoms. The van der Waals surface area contributed by atoms with E-state index in [1.807, 2.05) is 6.92 Å². The average Bonchev–Trinajstić information content (AvgIpc) is 2.76. The second kappa shape index (κ2) is 4.12.